The van der Waals surface area contributed by atoms with Gasteiger partial charge in [0, 0.05) is 9.75 Å². The van der Waals surface area contributed by atoms with Crippen LogP contribution in [-0.4, -0.2) is 11.7 Å². The van der Waals surface area contributed by atoms with E-state index in [-0.39, 0.29) is 0 Å². The molecule has 0 fully saturated rings. The van der Waals surface area contributed by atoms with Crippen molar-refractivity contribution in [1.82, 2.24) is 0 Å². The van der Waals surface area contributed by atoms with Crippen LogP contribution in [0.4, 0.5) is 0 Å². The minimum Gasteiger partial charge on any atom is -0.385 e. The van der Waals surface area contributed by atoms with E-state index in [0.717, 1.165) is 4.88 Å². The van der Waals surface area contributed by atoms with E-state index in [1.807, 2.05) is 26.0 Å². The van der Waals surface area contributed by atoms with Crippen LogP contribution in [0.2, 0.25) is 0 Å². The largest absolute Gasteiger partial charge is 0.385 e. The van der Waals surface area contributed by atoms with Crippen molar-refractivity contribution in [2.75, 3.05) is 6.54 Å². The molecule has 68 valence electrons. The summed E-state index contributed by atoms with van der Waals surface area (Å²) >= 11 is 1.63. The first-order valence-corrected chi connectivity index (χ1v) is 4.87. The number of aliphatic hydroxyl groups is 1. The Morgan fingerprint density at radius 1 is 1.58 bits per heavy atom. The van der Waals surface area contributed by atoms with Gasteiger partial charge in [0.05, 0.1) is 5.60 Å². The zero-order chi connectivity index (χ0) is 9.19. The Labute approximate surface area is 77.0 Å². The second kappa shape index (κ2) is 3.56. The summed E-state index contributed by atoms with van der Waals surface area (Å²) in [5.74, 6) is 0. The van der Waals surface area contributed by atoms with Crippen LogP contribution in [0.25, 0.3) is 0 Å². The molecule has 1 aromatic rings. The first-order chi connectivity index (χ1) is 5.56. The number of hydrogen-bond acceptors (Lipinski definition) is 3. The van der Waals surface area contributed by atoms with E-state index in [2.05, 4.69) is 0 Å². The zero-order valence-corrected chi connectivity index (χ0v) is 8.32. The molecule has 0 radical (unpaired) electrons. The van der Waals surface area contributed by atoms with Gasteiger partial charge in [-0.15, -0.1) is 11.3 Å². The van der Waals surface area contributed by atoms with E-state index >= 15 is 0 Å². The molecule has 0 spiro atoms. The lowest BCUT2D eigenvalue weighted by molar-refractivity contribution is 0.0542. The summed E-state index contributed by atoms with van der Waals surface area (Å²) in [6.45, 7) is 4.36. The third kappa shape index (κ3) is 2.06. The number of aryl methyl sites for hydroxylation is 1. The molecule has 0 aliphatic carbocycles. The molecule has 0 aliphatic rings. The average Bonchev–Trinajstić information content (AvgIpc) is 2.36. The van der Waals surface area contributed by atoms with Gasteiger partial charge in [-0.05, 0) is 38.9 Å². The molecular weight excluding hydrogens is 170 g/mol. The van der Waals surface area contributed by atoms with Crippen LogP contribution in [0.1, 0.15) is 23.1 Å². The van der Waals surface area contributed by atoms with Crippen molar-refractivity contribution in [2.24, 2.45) is 5.73 Å². The fourth-order valence-corrected chi connectivity index (χ4v) is 2.07. The van der Waals surface area contributed by atoms with Crippen LogP contribution in [0.15, 0.2) is 12.1 Å². The fourth-order valence-electron chi connectivity index (χ4n) is 1.13. The van der Waals surface area contributed by atoms with Crippen molar-refractivity contribution >= 4 is 11.3 Å². The Bertz CT molecular complexity index is 255. The maximum Gasteiger partial charge on any atom is 0.0972 e. The second-order valence-electron chi connectivity index (χ2n) is 3.22. The van der Waals surface area contributed by atoms with Crippen molar-refractivity contribution in [3.05, 3.63) is 21.9 Å². The first-order valence-electron chi connectivity index (χ1n) is 4.05. The summed E-state index contributed by atoms with van der Waals surface area (Å²) in [5.41, 5.74) is 4.66. The minimum atomic E-state index is -0.742. The Balaban J connectivity index is 2.81. The zero-order valence-electron chi connectivity index (χ0n) is 7.50. The molecule has 0 aliphatic heterocycles. The smallest absolute Gasteiger partial charge is 0.0972 e. The SMILES string of the molecule is Cc1ccc(C(C)(O)CCN)s1. The van der Waals surface area contributed by atoms with Crippen molar-refractivity contribution in [1.29, 1.82) is 0 Å². The van der Waals surface area contributed by atoms with Gasteiger partial charge in [0.2, 0.25) is 0 Å². The lowest BCUT2D eigenvalue weighted by atomic mass is 10.0. The van der Waals surface area contributed by atoms with Gasteiger partial charge in [0.15, 0.2) is 0 Å². The molecule has 0 bridgehead atoms. The Morgan fingerprint density at radius 2 is 2.25 bits per heavy atom. The first kappa shape index (κ1) is 9.71. The molecule has 1 heterocycles. The van der Waals surface area contributed by atoms with Crippen molar-refractivity contribution in [2.45, 2.75) is 25.9 Å². The van der Waals surface area contributed by atoms with E-state index < -0.39 is 5.60 Å². The molecular formula is C9H15NOS. The van der Waals surface area contributed by atoms with Gasteiger partial charge in [0.25, 0.3) is 0 Å². The average molecular weight is 185 g/mol. The Morgan fingerprint density at radius 3 is 2.67 bits per heavy atom. The molecule has 12 heavy (non-hydrogen) atoms. The lowest BCUT2D eigenvalue weighted by Crippen LogP contribution is -2.23. The molecule has 1 aromatic heterocycles. The van der Waals surface area contributed by atoms with E-state index in [1.165, 1.54) is 4.88 Å². The predicted molar refractivity (Wildman–Crippen MR) is 52.3 cm³/mol. The minimum absolute atomic E-state index is 0.518. The Hall–Kier alpha value is -0.380. The van der Waals surface area contributed by atoms with Crippen LogP contribution >= 0.6 is 11.3 Å². The highest BCUT2D eigenvalue weighted by Crippen LogP contribution is 2.29. The summed E-state index contributed by atoms with van der Waals surface area (Å²) in [5, 5.41) is 9.93. The molecule has 1 atom stereocenters. The van der Waals surface area contributed by atoms with Gasteiger partial charge in [0.1, 0.15) is 0 Å². The van der Waals surface area contributed by atoms with Gasteiger partial charge in [-0.25, -0.2) is 0 Å². The summed E-state index contributed by atoms with van der Waals surface area (Å²) in [6.07, 6.45) is 0.618. The van der Waals surface area contributed by atoms with E-state index in [9.17, 15) is 5.11 Å². The van der Waals surface area contributed by atoms with E-state index in [1.54, 1.807) is 11.3 Å². The van der Waals surface area contributed by atoms with Crippen molar-refractivity contribution < 1.29 is 5.11 Å². The van der Waals surface area contributed by atoms with Crippen molar-refractivity contribution in [3.63, 3.8) is 0 Å². The number of thiophene rings is 1. The van der Waals surface area contributed by atoms with Crippen LogP contribution in [-0.2, 0) is 5.60 Å². The summed E-state index contributed by atoms with van der Waals surface area (Å²) in [7, 11) is 0. The molecule has 0 saturated heterocycles. The van der Waals surface area contributed by atoms with E-state index in [0.29, 0.717) is 13.0 Å². The van der Waals surface area contributed by atoms with Gasteiger partial charge in [-0.1, -0.05) is 0 Å². The molecule has 0 saturated carbocycles. The summed E-state index contributed by atoms with van der Waals surface area (Å²) in [4.78, 5) is 2.23. The van der Waals surface area contributed by atoms with Gasteiger partial charge < -0.3 is 10.8 Å². The highest BCUT2D eigenvalue weighted by molar-refractivity contribution is 7.12. The lowest BCUT2D eigenvalue weighted by Gasteiger charge is -2.20. The fraction of sp³-hybridized carbons (Fsp3) is 0.556. The number of rotatable bonds is 3. The molecule has 3 heteroatoms. The van der Waals surface area contributed by atoms with Gasteiger partial charge >= 0.3 is 0 Å². The molecule has 1 rings (SSSR count). The molecule has 0 aromatic carbocycles. The summed E-state index contributed by atoms with van der Waals surface area (Å²) < 4.78 is 0. The van der Waals surface area contributed by atoms with Gasteiger partial charge in [-0.2, -0.15) is 0 Å². The molecule has 1 unspecified atom stereocenters. The second-order valence-corrected chi connectivity index (χ2v) is 4.51. The quantitative estimate of drug-likeness (QED) is 0.751. The predicted octanol–water partition coefficient (Wildman–Crippen LogP) is 1.61. The third-order valence-electron chi connectivity index (χ3n) is 1.90. The summed E-state index contributed by atoms with van der Waals surface area (Å²) in [6, 6.07) is 3.99. The standard InChI is InChI=1S/C9H15NOS/c1-7-3-4-8(12-7)9(2,11)5-6-10/h3-4,11H,5-6,10H2,1-2H3. The molecule has 0 amide bonds. The van der Waals surface area contributed by atoms with Crippen molar-refractivity contribution in [3.8, 4) is 0 Å². The van der Waals surface area contributed by atoms with Crippen LogP contribution in [0.5, 0.6) is 0 Å². The highest BCUT2D eigenvalue weighted by Gasteiger charge is 2.23. The van der Waals surface area contributed by atoms with Gasteiger partial charge in [-0.3, -0.25) is 0 Å². The number of nitrogens with two attached hydrogens (primary N) is 1. The van der Waals surface area contributed by atoms with Crippen LogP contribution in [0, 0.1) is 6.92 Å². The van der Waals surface area contributed by atoms with Crippen LogP contribution in [0.3, 0.4) is 0 Å². The van der Waals surface area contributed by atoms with E-state index in [4.69, 9.17) is 5.73 Å². The maximum atomic E-state index is 9.93. The topological polar surface area (TPSA) is 46.2 Å². The molecule has 3 N–H and O–H groups in total. The third-order valence-corrected chi connectivity index (χ3v) is 3.16. The highest BCUT2D eigenvalue weighted by atomic mass is 32.1. The van der Waals surface area contributed by atoms with Crippen LogP contribution < -0.4 is 5.73 Å². The monoisotopic (exact) mass is 185 g/mol. The maximum absolute atomic E-state index is 9.93. The Kier molecular flexibility index (Phi) is 2.88. The normalized spacial score (nSPS) is 16.0. The number of hydrogen-bond donors (Lipinski definition) is 2. The molecule has 2 nitrogen and oxygen atoms in total.